The first-order chi connectivity index (χ1) is 16.2. The van der Waals surface area contributed by atoms with Gasteiger partial charge in [-0.25, -0.2) is 4.98 Å². The van der Waals surface area contributed by atoms with E-state index in [1.54, 1.807) is 13.2 Å². The van der Waals surface area contributed by atoms with Crippen LogP contribution in [0.25, 0.3) is 22.0 Å². The van der Waals surface area contributed by atoms with Crippen LogP contribution in [0.3, 0.4) is 0 Å². The molecule has 0 saturated carbocycles. The number of methoxy groups -OCH3 is 1. The number of carbonyl (C=O) groups is 1. The molecule has 0 radical (unpaired) electrons. The van der Waals surface area contributed by atoms with Crippen LogP contribution in [0.1, 0.15) is 23.4 Å². The average Bonchev–Trinajstić information content (AvgIpc) is 3.48. The Morgan fingerprint density at radius 1 is 1.12 bits per heavy atom. The first-order valence-corrected chi connectivity index (χ1v) is 11.5. The van der Waals surface area contributed by atoms with Gasteiger partial charge in [-0.15, -0.1) is 0 Å². The van der Waals surface area contributed by atoms with Crippen LogP contribution >= 0.6 is 0 Å². The van der Waals surface area contributed by atoms with Gasteiger partial charge in [0.2, 0.25) is 5.95 Å². The molecule has 1 amide bonds. The van der Waals surface area contributed by atoms with Crippen LogP contribution in [0, 0.1) is 0 Å². The number of unbranched alkanes of at least 4 members (excludes halogenated alkanes) is 1. The summed E-state index contributed by atoms with van der Waals surface area (Å²) in [5, 5.41) is 3.83. The van der Waals surface area contributed by atoms with Crippen LogP contribution in [-0.2, 0) is 0 Å². The summed E-state index contributed by atoms with van der Waals surface area (Å²) in [7, 11) is 1.59. The minimum atomic E-state index is -0.187. The minimum absolute atomic E-state index is 0.187. The van der Waals surface area contributed by atoms with Crippen LogP contribution in [0.15, 0.2) is 52.9 Å². The molecule has 1 aliphatic heterocycles. The highest BCUT2D eigenvalue weighted by Crippen LogP contribution is 2.28. The van der Waals surface area contributed by atoms with E-state index in [0.29, 0.717) is 23.6 Å². The Balaban J connectivity index is 1.03. The lowest BCUT2D eigenvalue weighted by atomic mass is 10.2. The van der Waals surface area contributed by atoms with Gasteiger partial charge in [-0.3, -0.25) is 9.69 Å². The van der Waals surface area contributed by atoms with E-state index in [9.17, 15) is 4.79 Å². The zero-order chi connectivity index (χ0) is 22.6. The number of aromatic amines is 1. The zero-order valence-electron chi connectivity index (χ0n) is 18.8. The van der Waals surface area contributed by atoms with Gasteiger partial charge in [0.05, 0.1) is 18.1 Å². The highest BCUT2D eigenvalue weighted by molar-refractivity contribution is 5.97. The van der Waals surface area contributed by atoms with Crippen molar-refractivity contribution < 1.29 is 13.9 Å². The maximum absolute atomic E-state index is 12.4. The largest absolute Gasteiger partial charge is 0.493 e. The fourth-order valence-corrected chi connectivity index (χ4v) is 4.33. The second-order valence-corrected chi connectivity index (χ2v) is 8.36. The van der Waals surface area contributed by atoms with Crippen molar-refractivity contribution in [2.24, 2.45) is 0 Å². The summed E-state index contributed by atoms with van der Waals surface area (Å²) in [6.45, 7) is 5.63. The predicted octanol–water partition coefficient (Wildman–Crippen LogP) is 3.65. The Kier molecular flexibility index (Phi) is 6.17. The molecule has 1 aliphatic rings. The van der Waals surface area contributed by atoms with Crippen LogP contribution in [0.2, 0.25) is 0 Å². The van der Waals surface area contributed by atoms with E-state index in [1.165, 1.54) is 0 Å². The molecule has 2 aromatic carbocycles. The Bertz CT molecular complexity index is 1210. The molecule has 0 spiro atoms. The number of para-hydroxylation sites is 3. The number of aromatic nitrogens is 2. The van der Waals surface area contributed by atoms with Crippen LogP contribution in [0.5, 0.6) is 5.75 Å². The molecule has 33 heavy (non-hydrogen) atoms. The summed E-state index contributed by atoms with van der Waals surface area (Å²) in [5.74, 6) is 1.72. The van der Waals surface area contributed by atoms with E-state index >= 15 is 0 Å². The molecule has 0 atom stereocenters. The molecule has 2 aromatic heterocycles. The van der Waals surface area contributed by atoms with Crippen molar-refractivity contribution in [2.75, 3.05) is 51.3 Å². The molecular formula is C25H29N5O3. The van der Waals surface area contributed by atoms with Gasteiger partial charge in [-0.2, -0.15) is 0 Å². The molecule has 2 N–H and O–H groups in total. The number of furan rings is 1. The van der Waals surface area contributed by atoms with Gasteiger partial charge in [-0.05, 0) is 43.7 Å². The molecule has 8 nitrogen and oxygen atoms in total. The number of H-pyrrole nitrogens is 1. The smallest absolute Gasteiger partial charge is 0.287 e. The fourth-order valence-electron chi connectivity index (χ4n) is 4.33. The Hall–Kier alpha value is -3.52. The minimum Gasteiger partial charge on any atom is -0.493 e. The van der Waals surface area contributed by atoms with Gasteiger partial charge in [0.25, 0.3) is 5.91 Å². The van der Waals surface area contributed by atoms with E-state index in [0.717, 1.165) is 67.9 Å². The summed E-state index contributed by atoms with van der Waals surface area (Å²) < 4.78 is 11.0. The van der Waals surface area contributed by atoms with Crippen molar-refractivity contribution in [3.8, 4) is 5.75 Å². The maximum Gasteiger partial charge on any atom is 0.287 e. The molecule has 0 bridgehead atoms. The van der Waals surface area contributed by atoms with Gasteiger partial charge < -0.3 is 24.4 Å². The van der Waals surface area contributed by atoms with E-state index in [1.807, 2.05) is 36.4 Å². The lowest BCUT2D eigenvalue weighted by molar-refractivity contribution is 0.0927. The number of carbonyl (C=O) groups excluding carboxylic acids is 1. The highest BCUT2D eigenvalue weighted by atomic mass is 16.5. The van der Waals surface area contributed by atoms with Gasteiger partial charge in [0.15, 0.2) is 17.1 Å². The van der Waals surface area contributed by atoms with E-state index in [-0.39, 0.29) is 5.91 Å². The summed E-state index contributed by atoms with van der Waals surface area (Å²) in [5.41, 5.74) is 2.70. The van der Waals surface area contributed by atoms with Crippen LogP contribution in [0.4, 0.5) is 5.95 Å². The standard InChI is InChI=1S/C25H29N5O3/c1-32-21-10-6-7-18-17-22(33-23(18)21)24(31)26-11-4-5-12-29-13-15-30(16-14-29)25-27-19-8-2-3-9-20(19)28-25/h2-3,6-10,17H,4-5,11-16H2,1H3,(H,26,31)(H,27,28). The number of hydrogen-bond acceptors (Lipinski definition) is 6. The summed E-state index contributed by atoms with van der Waals surface area (Å²) in [6, 6.07) is 15.5. The number of amides is 1. The third-order valence-electron chi connectivity index (χ3n) is 6.19. The molecule has 1 fully saturated rings. The van der Waals surface area contributed by atoms with Gasteiger partial charge in [-0.1, -0.05) is 24.3 Å². The molecule has 5 rings (SSSR count). The van der Waals surface area contributed by atoms with E-state index < -0.39 is 0 Å². The Labute approximate surface area is 192 Å². The summed E-state index contributed by atoms with van der Waals surface area (Å²) >= 11 is 0. The molecule has 172 valence electrons. The van der Waals surface area contributed by atoms with Crippen molar-refractivity contribution in [2.45, 2.75) is 12.8 Å². The van der Waals surface area contributed by atoms with Crippen molar-refractivity contribution in [1.29, 1.82) is 0 Å². The quantitative estimate of drug-likeness (QED) is 0.401. The third-order valence-corrected chi connectivity index (χ3v) is 6.19. The number of fused-ring (bicyclic) bond motifs is 2. The van der Waals surface area contributed by atoms with E-state index in [2.05, 4.69) is 26.2 Å². The van der Waals surface area contributed by atoms with Crippen molar-refractivity contribution >= 4 is 33.9 Å². The molecular weight excluding hydrogens is 418 g/mol. The van der Waals surface area contributed by atoms with Crippen LogP contribution in [-0.4, -0.2) is 67.2 Å². The molecule has 8 heteroatoms. The SMILES string of the molecule is COc1cccc2cc(C(=O)NCCCCN3CCN(c4nc5ccccc5[nH]4)CC3)oc12. The zero-order valence-corrected chi connectivity index (χ0v) is 18.8. The summed E-state index contributed by atoms with van der Waals surface area (Å²) in [4.78, 5) is 25.4. The van der Waals surface area contributed by atoms with Crippen molar-refractivity contribution in [3.05, 3.63) is 54.3 Å². The normalized spacial score (nSPS) is 14.8. The monoisotopic (exact) mass is 447 g/mol. The summed E-state index contributed by atoms with van der Waals surface area (Å²) in [6.07, 6.45) is 1.97. The number of ether oxygens (including phenoxy) is 1. The first-order valence-electron chi connectivity index (χ1n) is 11.5. The molecule has 4 aromatic rings. The third kappa shape index (κ3) is 4.66. The number of anilines is 1. The fraction of sp³-hybridized carbons (Fsp3) is 0.360. The number of hydrogen-bond donors (Lipinski definition) is 2. The van der Waals surface area contributed by atoms with Gasteiger partial charge >= 0.3 is 0 Å². The van der Waals surface area contributed by atoms with Crippen molar-refractivity contribution in [1.82, 2.24) is 20.2 Å². The van der Waals surface area contributed by atoms with Crippen molar-refractivity contribution in [3.63, 3.8) is 0 Å². The maximum atomic E-state index is 12.4. The number of imidazole rings is 1. The Morgan fingerprint density at radius 3 is 2.79 bits per heavy atom. The number of rotatable bonds is 8. The topological polar surface area (TPSA) is 86.6 Å². The number of piperazine rings is 1. The Morgan fingerprint density at radius 2 is 1.97 bits per heavy atom. The molecule has 0 unspecified atom stereocenters. The van der Waals surface area contributed by atoms with Gasteiger partial charge in [0, 0.05) is 38.1 Å². The molecule has 1 saturated heterocycles. The van der Waals surface area contributed by atoms with Crippen LogP contribution < -0.4 is 15.0 Å². The molecule has 0 aliphatic carbocycles. The number of nitrogens with one attached hydrogen (secondary N) is 2. The second kappa shape index (κ2) is 9.54. The number of nitrogens with zero attached hydrogens (tertiary/aromatic N) is 3. The number of benzene rings is 2. The average molecular weight is 448 g/mol. The first kappa shape index (κ1) is 21.3. The molecule has 3 heterocycles. The van der Waals surface area contributed by atoms with E-state index in [4.69, 9.17) is 14.1 Å². The highest BCUT2D eigenvalue weighted by Gasteiger charge is 2.19. The predicted molar refractivity (Wildman–Crippen MR) is 129 cm³/mol. The lowest BCUT2D eigenvalue weighted by Gasteiger charge is -2.34. The van der Waals surface area contributed by atoms with Gasteiger partial charge in [0.1, 0.15) is 0 Å². The lowest BCUT2D eigenvalue weighted by Crippen LogP contribution is -2.47. The second-order valence-electron chi connectivity index (χ2n) is 8.36.